The molecule has 0 radical (unpaired) electrons. The van der Waals surface area contributed by atoms with Gasteiger partial charge in [0.2, 0.25) is 0 Å². The van der Waals surface area contributed by atoms with Crippen molar-refractivity contribution >= 4 is 31.0 Å². The summed E-state index contributed by atoms with van der Waals surface area (Å²) in [6.07, 6.45) is 0. The van der Waals surface area contributed by atoms with Gasteiger partial charge in [-0.25, -0.2) is 0 Å². The minimum absolute atomic E-state index is 0.0421. The Hall–Kier alpha value is -1.48. The number of rotatable bonds is 3. The highest BCUT2D eigenvalue weighted by Gasteiger charge is 2.19. The van der Waals surface area contributed by atoms with Gasteiger partial charge in [-0.05, 0) is 59.0 Å². The molecule has 0 unspecified atom stereocenters. The zero-order valence-electron chi connectivity index (χ0n) is 12.2. The van der Waals surface area contributed by atoms with Crippen molar-refractivity contribution in [1.29, 1.82) is 0 Å². The Balaban J connectivity index is 3.01. The van der Waals surface area contributed by atoms with Gasteiger partial charge in [0.1, 0.15) is 0 Å². The normalized spacial score (nSPS) is 13.0. The SMILES string of the molecule is Cc1cc(S(=O)(=O)O)cc2cc(S(=O)(=O)O)cc(C(C)C)c12. The molecule has 0 atom stereocenters. The molecule has 0 amide bonds. The average Bonchev–Trinajstić information content (AvgIpc) is 2.34. The maximum absolute atomic E-state index is 11.4. The first-order valence-electron chi connectivity index (χ1n) is 6.44. The molecule has 0 bridgehead atoms. The lowest BCUT2D eigenvalue weighted by molar-refractivity contribution is 0.481. The Morgan fingerprint density at radius 3 is 1.73 bits per heavy atom. The molecule has 0 aliphatic rings. The summed E-state index contributed by atoms with van der Waals surface area (Å²) < 4.78 is 63.9. The summed E-state index contributed by atoms with van der Waals surface area (Å²) in [5.41, 5.74) is 1.26. The Morgan fingerprint density at radius 2 is 1.32 bits per heavy atom. The zero-order valence-corrected chi connectivity index (χ0v) is 13.9. The molecule has 120 valence electrons. The van der Waals surface area contributed by atoms with Crippen LogP contribution >= 0.6 is 0 Å². The smallest absolute Gasteiger partial charge is 0.282 e. The van der Waals surface area contributed by atoms with Gasteiger partial charge in [0, 0.05) is 0 Å². The number of hydrogen-bond acceptors (Lipinski definition) is 4. The topological polar surface area (TPSA) is 109 Å². The van der Waals surface area contributed by atoms with Crippen molar-refractivity contribution in [1.82, 2.24) is 0 Å². The first kappa shape index (κ1) is 16.9. The molecule has 2 N–H and O–H groups in total. The predicted octanol–water partition coefficient (Wildman–Crippen LogP) is 2.77. The monoisotopic (exact) mass is 344 g/mol. The summed E-state index contributed by atoms with van der Waals surface area (Å²) in [5, 5.41) is 1.03. The molecular formula is C14H16O6S2. The van der Waals surface area contributed by atoms with E-state index in [-0.39, 0.29) is 15.7 Å². The van der Waals surface area contributed by atoms with Crippen LogP contribution in [-0.4, -0.2) is 25.9 Å². The van der Waals surface area contributed by atoms with Crippen LogP contribution in [0.5, 0.6) is 0 Å². The summed E-state index contributed by atoms with van der Waals surface area (Å²) >= 11 is 0. The molecule has 0 fully saturated rings. The molecule has 0 aliphatic carbocycles. The van der Waals surface area contributed by atoms with Gasteiger partial charge in [-0.15, -0.1) is 0 Å². The second-order valence-electron chi connectivity index (χ2n) is 5.46. The summed E-state index contributed by atoms with van der Waals surface area (Å²) in [7, 11) is -8.83. The van der Waals surface area contributed by atoms with Crippen molar-refractivity contribution in [2.24, 2.45) is 0 Å². The predicted molar refractivity (Wildman–Crippen MR) is 82.4 cm³/mol. The Bertz CT molecular complexity index is 951. The third-order valence-corrected chi connectivity index (χ3v) is 5.10. The molecule has 0 aromatic heterocycles. The summed E-state index contributed by atoms with van der Waals surface area (Å²) in [6.45, 7) is 5.40. The van der Waals surface area contributed by atoms with E-state index < -0.39 is 20.2 Å². The molecule has 6 nitrogen and oxygen atoms in total. The van der Waals surface area contributed by atoms with Crippen molar-refractivity contribution < 1.29 is 25.9 Å². The number of hydrogen-bond donors (Lipinski definition) is 2. The first-order chi connectivity index (χ1) is 9.91. The Kier molecular flexibility index (Phi) is 4.07. The largest absolute Gasteiger partial charge is 0.294 e. The van der Waals surface area contributed by atoms with Crippen LogP contribution in [0.4, 0.5) is 0 Å². The van der Waals surface area contributed by atoms with Gasteiger partial charge in [0.05, 0.1) is 9.79 Å². The number of fused-ring (bicyclic) bond motifs is 1. The lowest BCUT2D eigenvalue weighted by Crippen LogP contribution is -2.04. The van der Waals surface area contributed by atoms with Gasteiger partial charge in [0.15, 0.2) is 0 Å². The van der Waals surface area contributed by atoms with E-state index in [1.807, 2.05) is 13.8 Å². The van der Waals surface area contributed by atoms with Crippen LogP contribution < -0.4 is 0 Å². The number of benzene rings is 2. The molecule has 22 heavy (non-hydrogen) atoms. The van der Waals surface area contributed by atoms with Crippen molar-refractivity contribution in [3.63, 3.8) is 0 Å². The highest BCUT2D eigenvalue weighted by Crippen LogP contribution is 2.33. The van der Waals surface area contributed by atoms with Crippen molar-refractivity contribution in [3.05, 3.63) is 35.4 Å². The molecule has 0 heterocycles. The van der Waals surface area contributed by atoms with E-state index in [0.29, 0.717) is 21.9 Å². The first-order valence-corrected chi connectivity index (χ1v) is 9.32. The molecule has 2 rings (SSSR count). The van der Waals surface area contributed by atoms with Gasteiger partial charge in [-0.1, -0.05) is 13.8 Å². The van der Waals surface area contributed by atoms with Crippen LogP contribution in [0.3, 0.4) is 0 Å². The van der Waals surface area contributed by atoms with Crippen LogP contribution in [0, 0.1) is 6.92 Å². The zero-order chi connectivity index (χ0) is 16.9. The molecule has 8 heteroatoms. The lowest BCUT2D eigenvalue weighted by atomic mass is 9.93. The number of aryl methyl sites for hydroxylation is 1. The van der Waals surface area contributed by atoms with Crippen LogP contribution in [-0.2, 0) is 20.2 Å². The van der Waals surface area contributed by atoms with Crippen molar-refractivity contribution in [3.8, 4) is 0 Å². The van der Waals surface area contributed by atoms with E-state index in [4.69, 9.17) is 0 Å². The molecule has 0 saturated heterocycles. The maximum atomic E-state index is 11.4. The highest BCUT2D eigenvalue weighted by molar-refractivity contribution is 7.86. The fraction of sp³-hybridized carbons (Fsp3) is 0.286. The Morgan fingerprint density at radius 1 is 0.864 bits per heavy atom. The average molecular weight is 344 g/mol. The molecule has 0 spiro atoms. The minimum Gasteiger partial charge on any atom is -0.282 e. The van der Waals surface area contributed by atoms with Gasteiger partial charge >= 0.3 is 0 Å². The fourth-order valence-corrected chi connectivity index (χ4v) is 3.62. The third-order valence-electron chi connectivity index (χ3n) is 3.44. The van der Waals surface area contributed by atoms with Gasteiger partial charge in [-0.3, -0.25) is 9.11 Å². The van der Waals surface area contributed by atoms with Gasteiger partial charge < -0.3 is 0 Å². The standard InChI is InChI=1S/C14H16O6S2/c1-8(2)13-7-12(22(18,19)20)6-10-5-11(21(15,16)17)4-9(3)14(10)13/h4-8H,1-3H3,(H,15,16,17)(H,18,19,20). The molecular weight excluding hydrogens is 328 g/mol. The van der Waals surface area contributed by atoms with E-state index in [2.05, 4.69) is 0 Å². The summed E-state index contributed by atoms with van der Waals surface area (Å²) in [4.78, 5) is -0.629. The highest BCUT2D eigenvalue weighted by atomic mass is 32.2. The van der Waals surface area contributed by atoms with Crippen LogP contribution in [0.25, 0.3) is 10.8 Å². The van der Waals surface area contributed by atoms with Crippen LogP contribution in [0.15, 0.2) is 34.1 Å². The summed E-state index contributed by atoms with van der Waals surface area (Å²) in [6, 6.07) is 5.09. The van der Waals surface area contributed by atoms with Crippen molar-refractivity contribution in [2.75, 3.05) is 0 Å². The fourth-order valence-electron chi connectivity index (χ4n) is 2.46. The molecule has 0 aliphatic heterocycles. The molecule has 2 aromatic carbocycles. The maximum Gasteiger partial charge on any atom is 0.294 e. The van der Waals surface area contributed by atoms with E-state index in [0.717, 1.165) is 0 Å². The Labute approximate surface area is 129 Å². The second kappa shape index (κ2) is 5.31. The van der Waals surface area contributed by atoms with E-state index >= 15 is 0 Å². The third kappa shape index (κ3) is 3.14. The second-order valence-corrected chi connectivity index (χ2v) is 8.30. The van der Waals surface area contributed by atoms with Crippen LogP contribution in [0.2, 0.25) is 0 Å². The lowest BCUT2D eigenvalue weighted by Gasteiger charge is -2.15. The van der Waals surface area contributed by atoms with E-state index in [1.165, 1.54) is 24.3 Å². The minimum atomic E-state index is -4.42. The molecule has 0 saturated carbocycles. The van der Waals surface area contributed by atoms with Crippen molar-refractivity contribution in [2.45, 2.75) is 36.5 Å². The van der Waals surface area contributed by atoms with Crippen LogP contribution in [0.1, 0.15) is 30.9 Å². The van der Waals surface area contributed by atoms with E-state index in [1.54, 1.807) is 6.92 Å². The van der Waals surface area contributed by atoms with E-state index in [9.17, 15) is 25.9 Å². The molecule has 2 aromatic rings. The quantitative estimate of drug-likeness (QED) is 0.829. The van der Waals surface area contributed by atoms with Gasteiger partial charge in [-0.2, -0.15) is 16.8 Å². The van der Waals surface area contributed by atoms with Gasteiger partial charge in [0.25, 0.3) is 20.2 Å². The summed E-state index contributed by atoms with van der Waals surface area (Å²) in [5.74, 6) is -0.0421.